The van der Waals surface area contributed by atoms with Crippen LogP contribution in [0.5, 0.6) is 0 Å². The zero-order valence-electron chi connectivity index (χ0n) is 15.0. The summed E-state index contributed by atoms with van der Waals surface area (Å²) in [6, 6.07) is 5.02. The lowest BCUT2D eigenvalue weighted by atomic mass is 10.0. The summed E-state index contributed by atoms with van der Waals surface area (Å²) in [7, 11) is 1.33. The molecule has 1 amide bonds. The first-order valence-electron chi connectivity index (χ1n) is 8.54. The maximum atomic E-state index is 12.4. The predicted octanol–water partition coefficient (Wildman–Crippen LogP) is 3.32. The topological polar surface area (TPSA) is 87.3 Å². The lowest BCUT2D eigenvalue weighted by Gasteiger charge is -2.33. The third kappa shape index (κ3) is 4.62. The largest absolute Gasteiger partial charge is 0.465 e. The Kier molecular flexibility index (Phi) is 6.06. The monoisotopic (exact) mass is 454 g/mol. The van der Waals surface area contributed by atoms with Gasteiger partial charge in [-0.1, -0.05) is 11.6 Å². The van der Waals surface area contributed by atoms with Crippen LogP contribution in [0.2, 0.25) is 5.15 Å². The highest BCUT2D eigenvalue weighted by atomic mass is 79.9. The first-order valence-corrected chi connectivity index (χ1v) is 9.71. The summed E-state index contributed by atoms with van der Waals surface area (Å²) < 4.78 is 5.63. The molecule has 2 N–H and O–H groups in total. The standard InChI is InChI=1S/C18H20BrClN4O3/c1-10-13(19)9-14(21-10)17(25)22-12-3-5-24(6-4-12)16-8-11(18(26)27-2)7-15(20)23-16/h7-9,12,21H,3-6H2,1-2H3,(H,22,25). The molecule has 27 heavy (non-hydrogen) atoms. The average molecular weight is 456 g/mol. The van der Waals surface area contributed by atoms with E-state index in [1.807, 2.05) is 6.92 Å². The number of methoxy groups -OCH3 is 1. The highest BCUT2D eigenvalue weighted by Crippen LogP contribution is 2.23. The molecule has 1 fully saturated rings. The van der Waals surface area contributed by atoms with Crippen molar-refractivity contribution in [2.24, 2.45) is 0 Å². The van der Waals surface area contributed by atoms with Crippen molar-refractivity contribution in [3.8, 4) is 0 Å². The number of ether oxygens (including phenoxy) is 1. The molecule has 144 valence electrons. The second kappa shape index (κ2) is 8.31. The molecule has 7 nitrogen and oxygen atoms in total. The van der Waals surface area contributed by atoms with Crippen molar-refractivity contribution in [1.29, 1.82) is 0 Å². The quantitative estimate of drug-likeness (QED) is 0.545. The number of piperidine rings is 1. The number of hydrogen-bond donors (Lipinski definition) is 2. The van der Waals surface area contributed by atoms with Crippen molar-refractivity contribution >= 4 is 45.2 Å². The number of pyridine rings is 1. The summed E-state index contributed by atoms with van der Waals surface area (Å²) >= 11 is 9.44. The van der Waals surface area contributed by atoms with Crippen LogP contribution in [0.15, 0.2) is 22.7 Å². The lowest BCUT2D eigenvalue weighted by molar-refractivity contribution is 0.0600. The fraction of sp³-hybridized carbons (Fsp3) is 0.389. The second-order valence-electron chi connectivity index (χ2n) is 6.42. The van der Waals surface area contributed by atoms with Gasteiger partial charge in [0.15, 0.2) is 0 Å². The second-order valence-corrected chi connectivity index (χ2v) is 7.66. The molecule has 1 aliphatic heterocycles. The Morgan fingerprint density at radius 1 is 1.33 bits per heavy atom. The normalized spacial score (nSPS) is 14.9. The number of amides is 1. The molecule has 3 heterocycles. The van der Waals surface area contributed by atoms with Gasteiger partial charge in [-0.25, -0.2) is 9.78 Å². The Hall–Kier alpha value is -2.06. The molecule has 2 aromatic heterocycles. The van der Waals surface area contributed by atoms with Gasteiger partial charge in [0.05, 0.1) is 12.7 Å². The van der Waals surface area contributed by atoms with Crippen LogP contribution in [0.4, 0.5) is 5.82 Å². The van der Waals surface area contributed by atoms with Gasteiger partial charge in [-0.2, -0.15) is 0 Å². The fourth-order valence-electron chi connectivity index (χ4n) is 3.05. The number of H-pyrrole nitrogens is 1. The molecule has 1 aliphatic rings. The first-order chi connectivity index (χ1) is 12.9. The molecule has 0 aromatic carbocycles. The minimum Gasteiger partial charge on any atom is -0.465 e. The summed E-state index contributed by atoms with van der Waals surface area (Å²) in [4.78, 5) is 33.5. The van der Waals surface area contributed by atoms with Crippen molar-refractivity contribution in [2.75, 3.05) is 25.1 Å². The zero-order chi connectivity index (χ0) is 19.6. The van der Waals surface area contributed by atoms with Gasteiger partial charge in [0.2, 0.25) is 0 Å². The number of nitrogens with one attached hydrogen (secondary N) is 2. The van der Waals surface area contributed by atoms with Gasteiger partial charge in [0.1, 0.15) is 16.7 Å². The number of hydrogen-bond acceptors (Lipinski definition) is 5. The molecule has 0 bridgehead atoms. The van der Waals surface area contributed by atoms with Gasteiger partial charge in [-0.3, -0.25) is 4.79 Å². The van der Waals surface area contributed by atoms with Crippen LogP contribution in [-0.2, 0) is 4.74 Å². The Morgan fingerprint density at radius 2 is 2.04 bits per heavy atom. The number of nitrogens with zero attached hydrogens (tertiary/aromatic N) is 2. The molecule has 0 aliphatic carbocycles. The minimum absolute atomic E-state index is 0.0791. The van der Waals surface area contributed by atoms with Gasteiger partial charge in [0.25, 0.3) is 5.91 Å². The number of aryl methyl sites for hydroxylation is 1. The summed E-state index contributed by atoms with van der Waals surface area (Å²) in [6.07, 6.45) is 1.54. The van der Waals surface area contributed by atoms with E-state index in [4.69, 9.17) is 16.3 Å². The van der Waals surface area contributed by atoms with E-state index in [9.17, 15) is 9.59 Å². The average Bonchev–Trinajstić information content (AvgIpc) is 3.00. The van der Waals surface area contributed by atoms with Crippen LogP contribution in [0, 0.1) is 6.92 Å². The van der Waals surface area contributed by atoms with E-state index in [1.54, 1.807) is 12.1 Å². The molecule has 0 radical (unpaired) electrons. The van der Waals surface area contributed by atoms with Crippen LogP contribution >= 0.6 is 27.5 Å². The van der Waals surface area contributed by atoms with E-state index in [0.717, 1.165) is 23.0 Å². The third-order valence-corrected chi connectivity index (χ3v) is 5.57. The first kappa shape index (κ1) is 19.7. The smallest absolute Gasteiger partial charge is 0.338 e. The van der Waals surface area contributed by atoms with E-state index in [-0.39, 0.29) is 17.1 Å². The Bertz CT molecular complexity index is 843. The predicted molar refractivity (Wildman–Crippen MR) is 107 cm³/mol. The van der Waals surface area contributed by atoms with Gasteiger partial charge in [-0.15, -0.1) is 0 Å². The number of aromatic amines is 1. The summed E-state index contributed by atoms with van der Waals surface area (Å²) in [6.45, 7) is 3.30. The van der Waals surface area contributed by atoms with Gasteiger partial charge in [-0.05, 0) is 53.9 Å². The van der Waals surface area contributed by atoms with Crippen molar-refractivity contribution in [2.45, 2.75) is 25.8 Å². The molecule has 3 rings (SSSR count). The highest BCUT2D eigenvalue weighted by Gasteiger charge is 2.23. The van der Waals surface area contributed by atoms with Gasteiger partial charge < -0.3 is 19.9 Å². The van der Waals surface area contributed by atoms with Gasteiger partial charge in [0, 0.05) is 29.3 Å². The summed E-state index contributed by atoms with van der Waals surface area (Å²) in [5.74, 6) is 0.0720. The van der Waals surface area contributed by atoms with Crippen LogP contribution in [0.25, 0.3) is 0 Å². The maximum Gasteiger partial charge on any atom is 0.338 e. The molecule has 0 saturated carbocycles. The highest BCUT2D eigenvalue weighted by molar-refractivity contribution is 9.10. The van der Waals surface area contributed by atoms with E-state index < -0.39 is 5.97 Å². The minimum atomic E-state index is -0.449. The van der Waals surface area contributed by atoms with Crippen LogP contribution in [0.3, 0.4) is 0 Å². The number of esters is 1. The maximum absolute atomic E-state index is 12.4. The molecule has 0 atom stereocenters. The number of carbonyl (C=O) groups is 2. The zero-order valence-corrected chi connectivity index (χ0v) is 17.4. The Labute approximate surface area is 170 Å². The Balaban J connectivity index is 1.61. The number of rotatable bonds is 4. The summed E-state index contributed by atoms with van der Waals surface area (Å²) in [5, 5.41) is 3.31. The SMILES string of the molecule is COC(=O)c1cc(Cl)nc(N2CCC(NC(=O)c3cc(Br)c(C)[nH]3)CC2)c1. The van der Waals surface area contributed by atoms with Crippen molar-refractivity contribution in [3.63, 3.8) is 0 Å². The molecule has 2 aromatic rings. The molecular formula is C18H20BrClN4O3. The number of carbonyl (C=O) groups excluding carboxylic acids is 2. The molecule has 9 heteroatoms. The molecular weight excluding hydrogens is 436 g/mol. The van der Waals surface area contributed by atoms with Crippen molar-refractivity contribution in [1.82, 2.24) is 15.3 Å². The number of anilines is 1. The van der Waals surface area contributed by atoms with Crippen LogP contribution in [0.1, 0.15) is 39.4 Å². The molecule has 0 unspecified atom stereocenters. The molecule has 0 spiro atoms. The van der Waals surface area contributed by atoms with Crippen LogP contribution < -0.4 is 10.2 Å². The van der Waals surface area contributed by atoms with Crippen molar-refractivity contribution in [3.05, 3.63) is 44.8 Å². The van der Waals surface area contributed by atoms with E-state index in [2.05, 4.69) is 36.1 Å². The summed E-state index contributed by atoms with van der Waals surface area (Å²) in [5.41, 5.74) is 1.83. The van der Waals surface area contributed by atoms with E-state index in [0.29, 0.717) is 30.2 Å². The number of halogens is 2. The fourth-order valence-corrected chi connectivity index (χ4v) is 3.58. The Morgan fingerprint density at radius 3 is 2.63 bits per heavy atom. The van der Waals surface area contributed by atoms with E-state index in [1.165, 1.54) is 13.2 Å². The van der Waals surface area contributed by atoms with Crippen molar-refractivity contribution < 1.29 is 14.3 Å². The molecule has 1 saturated heterocycles. The third-order valence-electron chi connectivity index (χ3n) is 4.55. The van der Waals surface area contributed by atoms with E-state index >= 15 is 0 Å². The van der Waals surface area contributed by atoms with Crippen LogP contribution in [-0.4, -0.2) is 48.1 Å². The lowest BCUT2D eigenvalue weighted by Crippen LogP contribution is -2.45. The number of aromatic nitrogens is 2. The van der Waals surface area contributed by atoms with Gasteiger partial charge >= 0.3 is 5.97 Å².